The molecule has 1 aromatic rings. The summed E-state index contributed by atoms with van der Waals surface area (Å²) in [6.45, 7) is 0. The molecule has 0 radical (unpaired) electrons. The highest BCUT2D eigenvalue weighted by molar-refractivity contribution is 5.96. The summed E-state index contributed by atoms with van der Waals surface area (Å²) >= 11 is 0. The van der Waals surface area contributed by atoms with E-state index in [2.05, 4.69) is 0 Å². The molecule has 16 heavy (non-hydrogen) atoms. The molecular weight excluding hydrogens is 228 g/mol. The van der Waals surface area contributed by atoms with Gasteiger partial charge in [-0.3, -0.25) is 0 Å². The summed E-state index contributed by atoms with van der Waals surface area (Å²) < 4.78 is 50.0. The van der Waals surface area contributed by atoms with Crippen molar-refractivity contribution in [2.75, 3.05) is 0 Å². The zero-order chi connectivity index (χ0) is 12.3. The average molecular weight is 234 g/mol. The Morgan fingerprint density at radius 1 is 1.12 bits per heavy atom. The molecule has 0 saturated carbocycles. The van der Waals surface area contributed by atoms with Gasteiger partial charge in [-0.1, -0.05) is 30.3 Å². The summed E-state index contributed by atoms with van der Waals surface area (Å²) in [5.74, 6) is -4.13. The van der Waals surface area contributed by atoms with Crippen molar-refractivity contribution in [1.29, 1.82) is 0 Å². The molecule has 0 saturated heterocycles. The van der Waals surface area contributed by atoms with E-state index in [0.29, 0.717) is 0 Å². The highest BCUT2D eigenvalue weighted by atomic mass is 19.4. The Morgan fingerprint density at radius 2 is 1.62 bits per heavy atom. The molecule has 2 nitrogen and oxygen atoms in total. The molecule has 0 aromatic heterocycles. The molecule has 0 fully saturated rings. The van der Waals surface area contributed by atoms with Crippen LogP contribution >= 0.6 is 0 Å². The Hall–Kier alpha value is -1.85. The van der Waals surface area contributed by atoms with Crippen LogP contribution in [0.4, 0.5) is 17.6 Å². The minimum Gasteiger partial charge on any atom is -0.478 e. The van der Waals surface area contributed by atoms with E-state index in [-0.39, 0.29) is 0 Å². The maximum atomic E-state index is 13.3. The van der Waals surface area contributed by atoms with Crippen molar-refractivity contribution in [2.24, 2.45) is 0 Å². The molecule has 1 rings (SSSR count). The van der Waals surface area contributed by atoms with Crippen molar-refractivity contribution >= 4 is 11.8 Å². The highest BCUT2D eigenvalue weighted by Gasteiger charge is 2.42. The Kier molecular flexibility index (Phi) is 3.31. The third-order valence-corrected chi connectivity index (χ3v) is 1.74. The number of aliphatic carboxylic acids is 1. The van der Waals surface area contributed by atoms with E-state index in [1.54, 1.807) is 0 Å². The normalized spacial score (nSPS) is 13.2. The van der Waals surface area contributed by atoms with Gasteiger partial charge in [0.15, 0.2) is 5.57 Å². The Labute approximate surface area is 87.8 Å². The second kappa shape index (κ2) is 4.34. The molecular formula is C10H6F4O2. The van der Waals surface area contributed by atoms with Crippen LogP contribution in [0.5, 0.6) is 0 Å². The van der Waals surface area contributed by atoms with Gasteiger partial charge in [0.25, 0.3) is 0 Å². The van der Waals surface area contributed by atoms with Gasteiger partial charge < -0.3 is 5.11 Å². The fourth-order valence-electron chi connectivity index (χ4n) is 1.07. The first-order valence-electron chi connectivity index (χ1n) is 4.09. The monoisotopic (exact) mass is 234 g/mol. The van der Waals surface area contributed by atoms with E-state index in [4.69, 9.17) is 5.11 Å². The smallest absolute Gasteiger partial charge is 0.426 e. The standard InChI is InChI=1S/C10H6F4O2/c11-8(6-4-2-1-3-5-6)7(9(15)16)10(12,13)14/h1-5H,(H,15,16). The van der Waals surface area contributed by atoms with Gasteiger partial charge >= 0.3 is 12.1 Å². The topological polar surface area (TPSA) is 37.3 Å². The first kappa shape index (κ1) is 12.2. The summed E-state index contributed by atoms with van der Waals surface area (Å²) in [7, 11) is 0. The molecule has 6 heteroatoms. The molecule has 0 aliphatic carbocycles. The first-order chi connectivity index (χ1) is 7.34. The van der Waals surface area contributed by atoms with Gasteiger partial charge in [0, 0.05) is 5.56 Å². The second-order valence-electron chi connectivity index (χ2n) is 2.86. The number of carboxylic acids is 1. The zero-order valence-corrected chi connectivity index (χ0v) is 7.75. The molecule has 86 valence electrons. The number of halogens is 4. The van der Waals surface area contributed by atoms with E-state index in [0.717, 1.165) is 12.1 Å². The lowest BCUT2D eigenvalue weighted by atomic mass is 10.1. The predicted molar refractivity (Wildman–Crippen MR) is 48.2 cm³/mol. The van der Waals surface area contributed by atoms with Crippen LogP contribution in [0.15, 0.2) is 35.9 Å². The molecule has 0 amide bonds. The number of hydrogen-bond donors (Lipinski definition) is 1. The zero-order valence-electron chi connectivity index (χ0n) is 7.75. The summed E-state index contributed by atoms with van der Waals surface area (Å²) in [4.78, 5) is 10.3. The number of carbonyl (C=O) groups is 1. The number of rotatable bonds is 2. The van der Waals surface area contributed by atoms with Gasteiger partial charge in [0.1, 0.15) is 5.83 Å². The third kappa shape index (κ3) is 2.59. The van der Waals surface area contributed by atoms with Gasteiger partial charge in [0.05, 0.1) is 0 Å². The minimum absolute atomic E-state index is 0.419. The quantitative estimate of drug-likeness (QED) is 0.630. The lowest BCUT2D eigenvalue weighted by molar-refractivity contribution is -0.144. The summed E-state index contributed by atoms with van der Waals surface area (Å²) in [5, 5.41) is 8.32. The maximum absolute atomic E-state index is 13.3. The number of hydrogen-bond acceptors (Lipinski definition) is 1. The largest absolute Gasteiger partial charge is 0.478 e. The first-order valence-corrected chi connectivity index (χ1v) is 4.09. The summed E-state index contributed by atoms with van der Waals surface area (Å²) in [5.41, 5.74) is -2.61. The molecule has 0 spiro atoms. The van der Waals surface area contributed by atoms with E-state index < -0.39 is 29.1 Å². The van der Waals surface area contributed by atoms with Gasteiger partial charge in [-0.2, -0.15) is 13.2 Å². The van der Waals surface area contributed by atoms with Gasteiger partial charge in [-0.25, -0.2) is 9.18 Å². The Morgan fingerprint density at radius 3 is 2.00 bits per heavy atom. The fraction of sp³-hybridized carbons (Fsp3) is 0.100. The van der Waals surface area contributed by atoms with Crippen molar-refractivity contribution in [2.45, 2.75) is 6.18 Å². The molecule has 0 unspecified atom stereocenters. The molecule has 0 aliphatic heterocycles. The van der Waals surface area contributed by atoms with Gasteiger partial charge in [0.2, 0.25) is 0 Å². The van der Waals surface area contributed by atoms with Crippen LogP contribution in [0.25, 0.3) is 5.83 Å². The van der Waals surface area contributed by atoms with Crippen LogP contribution in [0.1, 0.15) is 5.56 Å². The molecule has 0 aliphatic rings. The van der Waals surface area contributed by atoms with Crippen LogP contribution in [0, 0.1) is 0 Å². The molecule has 0 heterocycles. The minimum atomic E-state index is -5.23. The van der Waals surface area contributed by atoms with Crippen LogP contribution in [0.3, 0.4) is 0 Å². The number of benzene rings is 1. The van der Waals surface area contributed by atoms with Gasteiger partial charge in [-0.15, -0.1) is 0 Å². The highest BCUT2D eigenvalue weighted by Crippen LogP contribution is 2.33. The van der Waals surface area contributed by atoms with Crippen LogP contribution < -0.4 is 0 Å². The SMILES string of the molecule is O=C(O)C(=C(F)c1ccccc1)C(F)(F)F. The second-order valence-corrected chi connectivity index (χ2v) is 2.86. The molecule has 0 bridgehead atoms. The van der Waals surface area contributed by atoms with E-state index in [1.807, 2.05) is 0 Å². The lowest BCUT2D eigenvalue weighted by Gasteiger charge is -2.08. The van der Waals surface area contributed by atoms with Gasteiger partial charge in [-0.05, 0) is 0 Å². The van der Waals surface area contributed by atoms with Crippen molar-refractivity contribution in [1.82, 2.24) is 0 Å². The van der Waals surface area contributed by atoms with Crippen LogP contribution in [0.2, 0.25) is 0 Å². The van der Waals surface area contributed by atoms with Crippen LogP contribution in [-0.2, 0) is 4.79 Å². The predicted octanol–water partition coefficient (Wildman–Crippen LogP) is 3.01. The van der Waals surface area contributed by atoms with Crippen molar-refractivity contribution in [3.05, 3.63) is 41.5 Å². The van der Waals surface area contributed by atoms with Crippen molar-refractivity contribution in [3.8, 4) is 0 Å². The Balaban J connectivity index is 3.34. The molecule has 0 atom stereocenters. The fourth-order valence-corrected chi connectivity index (χ4v) is 1.07. The maximum Gasteiger partial charge on any atom is 0.426 e. The van der Waals surface area contributed by atoms with E-state index in [9.17, 15) is 22.4 Å². The summed E-state index contributed by atoms with van der Waals surface area (Å²) in [6.07, 6.45) is -5.23. The Bertz CT molecular complexity index is 420. The average Bonchev–Trinajstić information content (AvgIpc) is 2.16. The molecule has 1 aromatic carbocycles. The van der Waals surface area contributed by atoms with E-state index >= 15 is 0 Å². The molecule has 1 N–H and O–H groups in total. The lowest BCUT2D eigenvalue weighted by Crippen LogP contribution is -2.20. The third-order valence-electron chi connectivity index (χ3n) is 1.74. The summed E-state index contributed by atoms with van der Waals surface area (Å²) in [6, 6.07) is 6.22. The number of alkyl halides is 3. The number of carboxylic acid groups (broad SMARTS) is 1. The van der Waals surface area contributed by atoms with Crippen LogP contribution in [-0.4, -0.2) is 17.3 Å². The van der Waals surface area contributed by atoms with E-state index in [1.165, 1.54) is 18.2 Å². The van der Waals surface area contributed by atoms with Crippen molar-refractivity contribution in [3.63, 3.8) is 0 Å². The van der Waals surface area contributed by atoms with Crippen molar-refractivity contribution < 1.29 is 27.5 Å².